The number of aromatic nitrogens is 1. The maximum atomic E-state index is 2.51. The summed E-state index contributed by atoms with van der Waals surface area (Å²) in [7, 11) is 0. The molecule has 0 spiro atoms. The third-order valence-electron chi connectivity index (χ3n) is 14.7. The third-order valence-corrected chi connectivity index (χ3v) is 14.7. The van der Waals surface area contributed by atoms with Crippen LogP contribution in [0.15, 0.2) is 243 Å². The highest BCUT2D eigenvalue weighted by Crippen LogP contribution is 2.60. The molecule has 2 aliphatic rings. The van der Waals surface area contributed by atoms with E-state index in [1.807, 2.05) is 0 Å². The highest BCUT2D eigenvalue weighted by molar-refractivity contribution is 6.09. The molecular weight excluding hydrogens is 797 g/mol. The Morgan fingerprint density at radius 1 is 0.364 bits per heavy atom. The van der Waals surface area contributed by atoms with Crippen molar-refractivity contribution < 1.29 is 0 Å². The van der Waals surface area contributed by atoms with Crippen LogP contribution in [-0.4, -0.2) is 4.57 Å². The summed E-state index contributed by atoms with van der Waals surface area (Å²) in [5, 5.41) is 2.54. The molecule has 2 nitrogen and oxygen atoms in total. The van der Waals surface area contributed by atoms with Gasteiger partial charge in [0.15, 0.2) is 0 Å². The van der Waals surface area contributed by atoms with Crippen LogP contribution >= 0.6 is 0 Å². The number of fused-ring (bicyclic) bond motifs is 9. The summed E-state index contributed by atoms with van der Waals surface area (Å²) in [5.74, 6) is 0. The van der Waals surface area contributed by atoms with E-state index in [1.54, 1.807) is 0 Å². The molecule has 0 N–H and O–H groups in total. The molecule has 2 heteroatoms. The summed E-state index contributed by atoms with van der Waals surface area (Å²) in [6.07, 6.45) is 0. The van der Waals surface area contributed by atoms with E-state index in [4.69, 9.17) is 0 Å². The second-order valence-corrected chi connectivity index (χ2v) is 18.4. The Morgan fingerprint density at radius 3 is 1.52 bits per heavy atom. The number of anilines is 3. The van der Waals surface area contributed by atoms with Gasteiger partial charge in [0, 0.05) is 38.8 Å². The number of hydrogen-bond donors (Lipinski definition) is 0. The number of benzene rings is 10. The summed E-state index contributed by atoms with van der Waals surface area (Å²) in [6.45, 7) is 4.75. The summed E-state index contributed by atoms with van der Waals surface area (Å²) in [5.41, 5.74) is 21.7. The Labute approximate surface area is 386 Å². The van der Waals surface area contributed by atoms with E-state index in [9.17, 15) is 0 Å². The van der Waals surface area contributed by atoms with Gasteiger partial charge in [0.25, 0.3) is 0 Å². The van der Waals surface area contributed by atoms with Crippen molar-refractivity contribution in [1.29, 1.82) is 0 Å². The Morgan fingerprint density at radius 2 is 0.864 bits per heavy atom. The van der Waals surface area contributed by atoms with Crippen LogP contribution in [0.25, 0.3) is 60.9 Å². The minimum absolute atomic E-state index is 0.149. The molecule has 0 fully saturated rings. The molecule has 0 atom stereocenters. The quantitative estimate of drug-likeness (QED) is 0.155. The first kappa shape index (κ1) is 38.3. The molecular formula is C64H46N2. The van der Waals surface area contributed by atoms with Gasteiger partial charge in [-0.1, -0.05) is 202 Å². The van der Waals surface area contributed by atoms with E-state index in [1.165, 1.54) is 88.6 Å². The summed E-state index contributed by atoms with van der Waals surface area (Å²) in [4.78, 5) is 2.51. The Bertz CT molecular complexity index is 3560. The molecule has 0 amide bonds. The van der Waals surface area contributed by atoms with Crippen LogP contribution < -0.4 is 4.90 Å². The van der Waals surface area contributed by atoms with E-state index in [0.29, 0.717) is 0 Å². The fourth-order valence-corrected chi connectivity index (χ4v) is 11.7. The summed E-state index contributed by atoms with van der Waals surface area (Å²) in [6, 6.07) is 90.0. The van der Waals surface area contributed by atoms with Crippen molar-refractivity contribution in [2.45, 2.75) is 24.7 Å². The van der Waals surface area contributed by atoms with Gasteiger partial charge in [-0.2, -0.15) is 0 Å². The zero-order valence-electron chi connectivity index (χ0n) is 37.0. The van der Waals surface area contributed by atoms with Crippen LogP contribution in [0.3, 0.4) is 0 Å². The average Bonchev–Trinajstić information content (AvgIpc) is 3.96. The van der Waals surface area contributed by atoms with Crippen molar-refractivity contribution in [1.82, 2.24) is 4.57 Å². The first-order valence-corrected chi connectivity index (χ1v) is 23.1. The van der Waals surface area contributed by atoms with Gasteiger partial charge in [-0.05, 0) is 116 Å². The molecule has 0 saturated heterocycles. The average molecular weight is 843 g/mol. The first-order chi connectivity index (χ1) is 32.5. The SMILES string of the molecule is CC1(C)c2ccccc2-c2ccc(N(c3ccc(-c4ccc(-n5c6ccccc6c6ccccc65)cc4)cc3)c3cccc4c3-c3ccccc3C4(c3ccccc3)c3ccccc3)cc21. The predicted octanol–water partition coefficient (Wildman–Crippen LogP) is 16.6. The van der Waals surface area contributed by atoms with Gasteiger partial charge >= 0.3 is 0 Å². The van der Waals surface area contributed by atoms with E-state index in [0.717, 1.165) is 22.7 Å². The van der Waals surface area contributed by atoms with E-state index in [-0.39, 0.29) is 5.41 Å². The van der Waals surface area contributed by atoms with Crippen LogP contribution in [0.2, 0.25) is 0 Å². The number of nitrogens with zero attached hydrogens (tertiary/aromatic N) is 2. The molecule has 0 bridgehead atoms. The van der Waals surface area contributed by atoms with Gasteiger partial charge in [0.2, 0.25) is 0 Å². The largest absolute Gasteiger partial charge is 0.310 e. The monoisotopic (exact) mass is 842 g/mol. The second kappa shape index (κ2) is 14.7. The zero-order chi connectivity index (χ0) is 44.0. The molecule has 0 aliphatic heterocycles. The van der Waals surface area contributed by atoms with E-state index in [2.05, 4.69) is 266 Å². The van der Waals surface area contributed by atoms with Gasteiger partial charge in [0.05, 0.1) is 22.1 Å². The molecule has 312 valence electrons. The summed E-state index contributed by atoms with van der Waals surface area (Å²) < 4.78 is 2.38. The Balaban J connectivity index is 0.983. The van der Waals surface area contributed by atoms with E-state index >= 15 is 0 Å². The summed E-state index contributed by atoms with van der Waals surface area (Å²) >= 11 is 0. The van der Waals surface area contributed by atoms with Crippen LogP contribution in [-0.2, 0) is 10.8 Å². The van der Waals surface area contributed by atoms with Gasteiger partial charge in [-0.15, -0.1) is 0 Å². The van der Waals surface area contributed by atoms with Crippen molar-refractivity contribution in [3.63, 3.8) is 0 Å². The molecule has 0 radical (unpaired) electrons. The van der Waals surface area contributed by atoms with Gasteiger partial charge in [0.1, 0.15) is 0 Å². The lowest BCUT2D eigenvalue weighted by atomic mass is 9.68. The highest BCUT2D eigenvalue weighted by Gasteiger charge is 2.47. The Hall–Kier alpha value is -8.20. The predicted molar refractivity (Wildman–Crippen MR) is 276 cm³/mol. The molecule has 1 heterocycles. The van der Waals surface area contributed by atoms with Crippen LogP contribution in [0.4, 0.5) is 17.1 Å². The lowest BCUT2D eigenvalue weighted by Crippen LogP contribution is -2.28. The highest BCUT2D eigenvalue weighted by atomic mass is 15.1. The van der Waals surface area contributed by atoms with Crippen molar-refractivity contribution >= 4 is 38.9 Å². The first-order valence-electron chi connectivity index (χ1n) is 23.1. The van der Waals surface area contributed by atoms with Gasteiger partial charge in [-0.3, -0.25) is 0 Å². The van der Waals surface area contributed by atoms with E-state index < -0.39 is 5.41 Å². The van der Waals surface area contributed by atoms with Gasteiger partial charge < -0.3 is 9.47 Å². The molecule has 66 heavy (non-hydrogen) atoms. The topological polar surface area (TPSA) is 8.17 Å². The van der Waals surface area contributed by atoms with Crippen molar-refractivity contribution in [3.8, 4) is 39.1 Å². The normalized spacial score (nSPS) is 13.8. The lowest BCUT2D eigenvalue weighted by Gasteiger charge is -2.34. The third kappa shape index (κ3) is 5.48. The van der Waals surface area contributed by atoms with Crippen molar-refractivity contribution in [2.75, 3.05) is 4.90 Å². The molecule has 2 aliphatic carbocycles. The zero-order valence-corrected chi connectivity index (χ0v) is 37.0. The second-order valence-electron chi connectivity index (χ2n) is 18.4. The van der Waals surface area contributed by atoms with Crippen LogP contribution in [0, 0.1) is 0 Å². The van der Waals surface area contributed by atoms with Crippen molar-refractivity contribution in [2.24, 2.45) is 0 Å². The Kier molecular flexibility index (Phi) is 8.51. The molecule has 10 aromatic carbocycles. The minimum atomic E-state index is -0.507. The number of para-hydroxylation sites is 2. The minimum Gasteiger partial charge on any atom is -0.310 e. The molecule has 11 aromatic rings. The standard InChI is InChI=1S/C64H46N2/c1-63(2)55-26-13-9-22-50(55)51-41-40-49(42-58(51)63)65(47-36-32-43(33-37-47)44-34-38-48(39-35-44)66-59-29-15-11-23-52(59)53-24-12-16-30-60(53)66)61-31-17-28-57-62(61)54-25-10-14-27-56(54)64(57,45-18-5-3-6-19-45)46-20-7-4-8-21-46/h3-42H,1-2H3. The number of rotatable bonds is 7. The fourth-order valence-electron chi connectivity index (χ4n) is 11.7. The number of hydrogen-bond acceptors (Lipinski definition) is 1. The molecule has 13 rings (SSSR count). The molecule has 0 saturated carbocycles. The van der Waals surface area contributed by atoms with Crippen LogP contribution in [0.1, 0.15) is 47.2 Å². The van der Waals surface area contributed by atoms with Crippen molar-refractivity contribution in [3.05, 3.63) is 276 Å². The fraction of sp³-hybridized carbons (Fsp3) is 0.0625. The van der Waals surface area contributed by atoms with Gasteiger partial charge in [-0.25, -0.2) is 0 Å². The smallest absolute Gasteiger partial charge is 0.0714 e. The lowest BCUT2D eigenvalue weighted by molar-refractivity contribution is 0.660. The van der Waals surface area contributed by atoms with Crippen LogP contribution in [0.5, 0.6) is 0 Å². The molecule has 1 aromatic heterocycles. The molecule has 0 unspecified atom stereocenters. The maximum Gasteiger partial charge on any atom is 0.0714 e. The maximum absolute atomic E-state index is 2.51.